The Morgan fingerprint density at radius 3 is 2.52 bits per heavy atom. The zero-order chi connectivity index (χ0) is 22.5. The van der Waals surface area contributed by atoms with Gasteiger partial charge >= 0.3 is 0 Å². The van der Waals surface area contributed by atoms with E-state index in [-0.39, 0.29) is 11.8 Å². The van der Waals surface area contributed by atoms with Crippen molar-refractivity contribution in [2.75, 3.05) is 18.5 Å². The Kier molecular flexibility index (Phi) is 7.12. The van der Waals surface area contributed by atoms with Crippen molar-refractivity contribution in [2.24, 2.45) is 5.92 Å². The molecule has 1 saturated carbocycles. The third-order valence-electron chi connectivity index (χ3n) is 6.67. The lowest BCUT2D eigenvalue weighted by Crippen LogP contribution is -2.28. The number of nitrogens with one attached hydrogen (secondary N) is 1. The van der Waals surface area contributed by atoms with E-state index in [9.17, 15) is 4.79 Å². The highest BCUT2D eigenvalue weighted by atomic mass is 32.2. The van der Waals surface area contributed by atoms with Crippen LogP contribution < -0.4 is 5.32 Å². The van der Waals surface area contributed by atoms with Crippen LogP contribution in [0.25, 0.3) is 11.3 Å². The third-order valence-corrected chi connectivity index (χ3v) is 7.67. The van der Waals surface area contributed by atoms with Crippen LogP contribution in [0.15, 0.2) is 70.6 Å². The Hall–Kier alpha value is -2.57. The Morgan fingerprint density at radius 2 is 1.73 bits per heavy atom. The fraction of sp³-hybridized carbons (Fsp3) is 0.407. The van der Waals surface area contributed by atoms with Gasteiger partial charge in [-0.2, -0.15) is 5.10 Å². The summed E-state index contributed by atoms with van der Waals surface area (Å²) in [7, 11) is 0. The first kappa shape index (κ1) is 22.2. The van der Waals surface area contributed by atoms with E-state index in [1.165, 1.54) is 48.3 Å². The molecule has 1 aliphatic carbocycles. The number of nitrogens with zero attached hydrogens (tertiary/aromatic N) is 2. The van der Waals surface area contributed by atoms with E-state index < -0.39 is 0 Å². The molecule has 1 amide bonds. The standard InChI is InChI=1S/C27H31N3O2S/c31-27(21-14-17-32-18-15-21)29-22-5-4-8-25(19-22)33-24-11-9-20(10-12-24)26-13-16-28-30(26)23-6-2-1-3-7-23/h4-5,8-13,16,19,21,23H,1-3,6-7,14-15,17-18H2,(H,29,31). The van der Waals surface area contributed by atoms with Crippen LogP contribution in [0.3, 0.4) is 0 Å². The summed E-state index contributed by atoms with van der Waals surface area (Å²) >= 11 is 1.71. The maximum Gasteiger partial charge on any atom is 0.227 e. The van der Waals surface area contributed by atoms with Crippen LogP contribution in [0.4, 0.5) is 5.69 Å². The lowest BCUT2D eigenvalue weighted by atomic mass is 9.95. The molecule has 2 fully saturated rings. The molecular weight excluding hydrogens is 430 g/mol. The number of rotatable bonds is 6. The van der Waals surface area contributed by atoms with E-state index in [0.717, 1.165) is 23.4 Å². The average Bonchev–Trinajstić information content (AvgIpc) is 3.36. The predicted octanol–water partition coefficient (Wildman–Crippen LogP) is 6.57. The molecule has 0 atom stereocenters. The van der Waals surface area contributed by atoms with E-state index in [0.29, 0.717) is 19.3 Å². The molecule has 2 aromatic carbocycles. The molecule has 172 valence electrons. The minimum Gasteiger partial charge on any atom is -0.381 e. The molecule has 0 unspecified atom stereocenters. The van der Waals surface area contributed by atoms with Crippen molar-refractivity contribution in [3.8, 4) is 11.3 Å². The Bertz CT molecular complexity index is 1070. The zero-order valence-electron chi connectivity index (χ0n) is 18.9. The summed E-state index contributed by atoms with van der Waals surface area (Å²) in [5.74, 6) is 0.143. The highest BCUT2D eigenvalue weighted by Gasteiger charge is 2.22. The van der Waals surface area contributed by atoms with Gasteiger partial charge in [-0.3, -0.25) is 9.48 Å². The quantitative estimate of drug-likeness (QED) is 0.451. The minimum atomic E-state index is 0.0460. The summed E-state index contributed by atoms with van der Waals surface area (Å²) < 4.78 is 7.59. The zero-order valence-corrected chi connectivity index (χ0v) is 19.7. The molecule has 2 aliphatic rings. The molecular formula is C27H31N3O2S. The number of ether oxygens (including phenoxy) is 1. The molecule has 1 aromatic heterocycles. The van der Waals surface area contributed by atoms with Crippen LogP contribution >= 0.6 is 11.8 Å². The van der Waals surface area contributed by atoms with Crippen LogP contribution in [-0.2, 0) is 9.53 Å². The lowest BCUT2D eigenvalue weighted by molar-refractivity contribution is -0.122. The minimum absolute atomic E-state index is 0.0460. The smallest absolute Gasteiger partial charge is 0.227 e. The van der Waals surface area contributed by atoms with Gasteiger partial charge in [0.25, 0.3) is 0 Å². The molecule has 2 heterocycles. The van der Waals surface area contributed by atoms with Gasteiger partial charge in [0, 0.05) is 40.8 Å². The summed E-state index contributed by atoms with van der Waals surface area (Å²) in [5.41, 5.74) is 3.26. The summed E-state index contributed by atoms with van der Waals surface area (Å²) in [6, 6.07) is 19.5. The van der Waals surface area contributed by atoms with E-state index in [1.54, 1.807) is 11.8 Å². The normalized spacial score (nSPS) is 17.7. The topological polar surface area (TPSA) is 56.2 Å². The summed E-state index contributed by atoms with van der Waals surface area (Å²) in [4.78, 5) is 14.8. The highest BCUT2D eigenvalue weighted by Crippen LogP contribution is 2.34. The molecule has 0 spiro atoms. The first-order valence-corrected chi connectivity index (χ1v) is 12.9. The second kappa shape index (κ2) is 10.6. The van der Waals surface area contributed by atoms with Crippen molar-refractivity contribution in [3.05, 3.63) is 60.8 Å². The highest BCUT2D eigenvalue weighted by molar-refractivity contribution is 7.99. The van der Waals surface area contributed by atoms with Gasteiger partial charge in [-0.05, 0) is 67.6 Å². The van der Waals surface area contributed by atoms with Crippen molar-refractivity contribution in [3.63, 3.8) is 0 Å². The number of anilines is 1. The maximum atomic E-state index is 12.5. The number of hydrogen-bond acceptors (Lipinski definition) is 4. The molecule has 5 nitrogen and oxygen atoms in total. The maximum absolute atomic E-state index is 12.5. The average molecular weight is 462 g/mol. The van der Waals surface area contributed by atoms with E-state index in [2.05, 4.69) is 51.5 Å². The van der Waals surface area contributed by atoms with E-state index >= 15 is 0 Å². The Labute approximate surface area is 199 Å². The van der Waals surface area contributed by atoms with Crippen LogP contribution in [0.1, 0.15) is 51.0 Å². The molecule has 1 saturated heterocycles. The van der Waals surface area contributed by atoms with Gasteiger partial charge in [0.15, 0.2) is 0 Å². The van der Waals surface area contributed by atoms with Gasteiger partial charge in [0.2, 0.25) is 5.91 Å². The van der Waals surface area contributed by atoms with Crippen LogP contribution in [0, 0.1) is 5.92 Å². The fourth-order valence-corrected chi connectivity index (χ4v) is 5.71. The molecule has 3 aromatic rings. The summed E-state index contributed by atoms with van der Waals surface area (Å²) in [6.07, 6.45) is 9.92. The second-order valence-electron chi connectivity index (χ2n) is 8.98. The number of benzene rings is 2. The van der Waals surface area contributed by atoms with Crippen molar-refractivity contribution < 1.29 is 9.53 Å². The van der Waals surface area contributed by atoms with Crippen molar-refractivity contribution >= 4 is 23.4 Å². The molecule has 0 radical (unpaired) electrons. The van der Waals surface area contributed by atoms with Crippen LogP contribution in [0.5, 0.6) is 0 Å². The van der Waals surface area contributed by atoms with E-state index in [4.69, 9.17) is 4.74 Å². The van der Waals surface area contributed by atoms with Gasteiger partial charge in [-0.1, -0.05) is 49.2 Å². The van der Waals surface area contributed by atoms with Gasteiger partial charge in [-0.15, -0.1) is 0 Å². The molecule has 0 bridgehead atoms. The van der Waals surface area contributed by atoms with Crippen molar-refractivity contribution in [1.82, 2.24) is 9.78 Å². The summed E-state index contributed by atoms with van der Waals surface area (Å²) in [5, 5.41) is 7.73. The first-order chi connectivity index (χ1) is 16.3. The van der Waals surface area contributed by atoms with Gasteiger partial charge in [0.05, 0.1) is 11.7 Å². The van der Waals surface area contributed by atoms with Crippen LogP contribution in [-0.4, -0.2) is 28.9 Å². The molecule has 5 rings (SSSR count). The molecule has 1 N–H and O–H groups in total. The van der Waals surface area contributed by atoms with Gasteiger partial charge in [-0.25, -0.2) is 0 Å². The van der Waals surface area contributed by atoms with Crippen molar-refractivity contribution in [1.29, 1.82) is 0 Å². The fourth-order valence-electron chi connectivity index (χ4n) is 4.83. The second-order valence-corrected chi connectivity index (χ2v) is 10.1. The monoisotopic (exact) mass is 461 g/mol. The lowest BCUT2D eigenvalue weighted by Gasteiger charge is -2.24. The first-order valence-electron chi connectivity index (χ1n) is 12.1. The SMILES string of the molecule is O=C(Nc1cccc(Sc2ccc(-c3ccnn3C3CCCCC3)cc2)c1)C1CCOCC1. The number of carbonyl (C=O) groups is 1. The van der Waals surface area contributed by atoms with Gasteiger partial charge in [0.1, 0.15) is 0 Å². The Balaban J connectivity index is 1.24. The van der Waals surface area contributed by atoms with Crippen molar-refractivity contribution in [2.45, 2.75) is 60.8 Å². The number of aromatic nitrogens is 2. The van der Waals surface area contributed by atoms with Crippen LogP contribution in [0.2, 0.25) is 0 Å². The van der Waals surface area contributed by atoms with Gasteiger partial charge < -0.3 is 10.1 Å². The largest absolute Gasteiger partial charge is 0.381 e. The number of carbonyl (C=O) groups excluding carboxylic acids is 1. The Morgan fingerprint density at radius 1 is 0.939 bits per heavy atom. The molecule has 33 heavy (non-hydrogen) atoms. The number of amides is 1. The summed E-state index contributed by atoms with van der Waals surface area (Å²) in [6.45, 7) is 1.34. The molecule has 1 aliphatic heterocycles. The van der Waals surface area contributed by atoms with E-state index in [1.807, 2.05) is 24.4 Å². The predicted molar refractivity (Wildman–Crippen MR) is 133 cm³/mol. The third kappa shape index (κ3) is 5.50. The number of hydrogen-bond donors (Lipinski definition) is 1. The molecule has 6 heteroatoms.